The molecular weight excluding hydrogens is 466 g/mol. The van der Waals surface area contributed by atoms with Crippen molar-refractivity contribution in [3.05, 3.63) is 0 Å². The number of carboxylic acids is 1. The summed E-state index contributed by atoms with van der Waals surface area (Å²) in [6.07, 6.45) is 3.11. The Bertz CT molecular complexity index is 703. The number of thioether (sulfide) groups is 1. The molecule has 0 aromatic carbocycles. The first-order valence-electron chi connectivity index (χ1n) is 11.0. The molecule has 0 aromatic rings. The second-order valence-corrected chi connectivity index (χ2v) is 9.16. The number of aliphatic imine (C=N–C) groups is 1. The highest BCUT2D eigenvalue weighted by atomic mass is 32.2. The van der Waals surface area contributed by atoms with Crippen LogP contribution in [0.15, 0.2) is 4.99 Å². The lowest BCUT2D eigenvalue weighted by Gasteiger charge is -2.25. The van der Waals surface area contributed by atoms with Gasteiger partial charge in [-0.1, -0.05) is 13.8 Å². The van der Waals surface area contributed by atoms with E-state index in [1.807, 2.05) is 20.1 Å². The molecule has 0 aliphatic carbocycles. The highest BCUT2D eigenvalue weighted by Gasteiger charge is 2.30. The SMILES string of the molecule is CSCCC(NC(=O)C(CC(C)C)NC(=O)C(N)CCCN=C(N)N)C(=O)NC(CO)C(=O)O. The molecule has 0 radical (unpaired) electrons. The van der Waals surface area contributed by atoms with Crippen molar-refractivity contribution < 1.29 is 29.4 Å². The van der Waals surface area contributed by atoms with Crippen LogP contribution in [0.4, 0.5) is 0 Å². The van der Waals surface area contributed by atoms with Crippen molar-refractivity contribution in [1.82, 2.24) is 16.0 Å². The maximum Gasteiger partial charge on any atom is 0.328 e. The maximum atomic E-state index is 13.0. The molecule has 0 spiro atoms. The predicted octanol–water partition coefficient (Wildman–Crippen LogP) is -2.30. The molecule has 34 heavy (non-hydrogen) atoms. The third-order valence-corrected chi connectivity index (χ3v) is 5.33. The smallest absolute Gasteiger partial charge is 0.328 e. The number of hydrogen-bond donors (Lipinski definition) is 8. The number of hydrogen-bond acceptors (Lipinski definition) is 8. The van der Waals surface area contributed by atoms with E-state index in [-0.39, 0.29) is 18.3 Å². The first-order valence-corrected chi connectivity index (χ1v) is 12.4. The minimum Gasteiger partial charge on any atom is -0.480 e. The number of nitrogens with zero attached hydrogens (tertiary/aromatic N) is 1. The zero-order chi connectivity index (χ0) is 26.3. The van der Waals surface area contributed by atoms with E-state index >= 15 is 0 Å². The molecule has 14 heteroatoms. The molecule has 0 rings (SSSR count). The van der Waals surface area contributed by atoms with Crippen molar-refractivity contribution in [2.45, 2.75) is 63.7 Å². The molecule has 0 aromatic heterocycles. The van der Waals surface area contributed by atoms with Crippen molar-refractivity contribution in [1.29, 1.82) is 0 Å². The number of rotatable bonds is 17. The number of carbonyl (C=O) groups excluding carboxylic acids is 3. The van der Waals surface area contributed by atoms with Gasteiger partial charge in [0, 0.05) is 6.54 Å². The monoisotopic (exact) mass is 505 g/mol. The van der Waals surface area contributed by atoms with Gasteiger partial charge in [0.05, 0.1) is 12.6 Å². The largest absolute Gasteiger partial charge is 0.480 e. The number of aliphatic carboxylic acids is 1. The zero-order valence-electron chi connectivity index (χ0n) is 20.0. The quantitative estimate of drug-likeness (QED) is 0.0597. The van der Waals surface area contributed by atoms with Crippen molar-refractivity contribution in [2.24, 2.45) is 28.1 Å². The minimum absolute atomic E-state index is 0.0402. The Balaban J connectivity index is 5.27. The number of nitrogens with two attached hydrogens (primary N) is 3. The molecule has 0 bridgehead atoms. The highest BCUT2D eigenvalue weighted by Crippen LogP contribution is 2.08. The second-order valence-electron chi connectivity index (χ2n) is 8.17. The van der Waals surface area contributed by atoms with Crippen molar-refractivity contribution in [2.75, 3.05) is 25.2 Å². The van der Waals surface area contributed by atoms with Crippen LogP contribution >= 0.6 is 11.8 Å². The second kappa shape index (κ2) is 16.9. The molecule has 13 nitrogen and oxygen atoms in total. The maximum absolute atomic E-state index is 13.0. The summed E-state index contributed by atoms with van der Waals surface area (Å²) < 4.78 is 0. The summed E-state index contributed by atoms with van der Waals surface area (Å²) in [4.78, 5) is 53.0. The van der Waals surface area contributed by atoms with Crippen LogP contribution in [0.3, 0.4) is 0 Å². The Morgan fingerprint density at radius 1 is 0.941 bits per heavy atom. The molecule has 0 aliphatic rings. The molecule has 0 saturated carbocycles. The molecule has 4 unspecified atom stereocenters. The lowest BCUT2D eigenvalue weighted by Crippen LogP contribution is -2.57. The Morgan fingerprint density at radius 3 is 2.00 bits per heavy atom. The molecule has 196 valence electrons. The van der Waals surface area contributed by atoms with E-state index in [4.69, 9.17) is 27.4 Å². The first-order chi connectivity index (χ1) is 15.9. The summed E-state index contributed by atoms with van der Waals surface area (Å²) in [6, 6.07) is -4.38. The Kier molecular flexibility index (Phi) is 15.7. The van der Waals surface area contributed by atoms with E-state index in [2.05, 4.69) is 20.9 Å². The Labute approximate surface area is 204 Å². The summed E-state index contributed by atoms with van der Waals surface area (Å²) in [7, 11) is 0. The number of aliphatic hydroxyl groups excluding tert-OH is 1. The average molecular weight is 506 g/mol. The number of amides is 3. The van der Waals surface area contributed by atoms with Crippen LogP contribution in [-0.2, 0) is 19.2 Å². The molecular formula is C20H39N7O6S. The molecule has 0 fully saturated rings. The van der Waals surface area contributed by atoms with Gasteiger partial charge in [0.2, 0.25) is 17.7 Å². The number of carbonyl (C=O) groups is 4. The van der Waals surface area contributed by atoms with Crippen molar-refractivity contribution in [3.63, 3.8) is 0 Å². The van der Waals surface area contributed by atoms with E-state index in [1.165, 1.54) is 11.8 Å². The van der Waals surface area contributed by atoms with Gasteiger partial charge < -0.3 is 43.4 Å². The molecule has 0 saturated heterocycles. The van der Waals surface area contributed by atoms with Gasteiger partial charge in [-0.15, -0.1) is 0 Å². The Morgan fingerprint density at radius 2 is 1.50 bits per heavy atom. The minimum atomic E-state index is -1.50. The van der Waals surface area contributed by atoms with Crippen molar-refractivity contribution >= 4 is 41.4 Å². The van der Waals surface area contributed by atoms with Crippen LogP contribution in [-0.4, -0.2) is 89.2 Å². The fraction of sp³-hybridized carbons (Fsp3) is 0.750. The van der Waals surface area contributed by atoms with Gasteiger partial charge in [0.1, 0.15) is 18.1 Å². The van der Waals surface area contributed by atoms with Gasteiger partial charge in [-0.05, 0) is 43.6 Å². The van der Waals surface area contributed by atoms with Crippen LogP contribution in [0, 0.1) is 5.92 Å². The van der Waals surface area contributed by atoms with Crippen LogP contribution in [0.5, 0.6) is 0 Å². The number of nitrogens with one attached hydrogen (secondary N) is 3. The van der Waals surface area contributed by atoms with E-state index in [0.717, 1.165) is 0 Å². The van der Waals surface area contributed by atoms with Crippen LogP contribution in [0.2, 0.25) is 0 Å². The summed E-state index contributed by atoms with van der Waals surface area (Å²) in [5, 5.41) is 25.7. The van der Waals surface area contributed by atoms with Gasteiger partial charge >= 0.3 is 5.97 Å². The summed E-state index contributed by atoms with van der Waals surface area (Å²) >= 11 is 1.44. The van der Waals surface area contributed by atoms with Crippen LogP contribution in [0.25, 0.3) is 0 Å². The van der Waals surface area contributed by atoms with Gasteiger partial charge in [0.15, 0.2) is 5.96 Å². The molecule has 0 aliphatic heterocycles. The van der Waals surface area contributed by atoms with Gasteiger partial charge in [-0.3, -0.25) is 19.4 Å². The number of aliphatic hydroxyl groups is 1. The van der Waals surface area contributed by atoms with Gasteiger partial charge in [-0.25, -0.2) is 4.79 Å². The first kappa shape index (κ1) is 31.4. The average Bonchev–Trinajstić information content (AvgIpc) is 2.75. The number of carboxylic acid groups (broad SMARTS) is 1. The molecule has 4 atom stereocenters. The lowest BCUT2D eigenvalue weighted by atomic mass is 10.0. The van der Waals surface area contributed by atoms with E-state index in [1.54, 1.807) is 0 Å². The van der Waals surface area contributed by atoms with Gasteiger partial charge in [-0.2, -0.15) is 11.8 Å². The standard InChI is InChI=1S/C20H39N7O6S/c1-11(2)9-14(26-16(29)12(21)5-4-7-24-20(22)23)18(31)25-13(6-8-34-3)17(30)27-15(10-28)19(32)33/h11-15,28H,4-10,21H2,1-3H3,(H,25,31)(H,26,29)(H,27,30)(H,32,33)(H4,22,23,24). The van der Waals surface area contributed by atoms with Crippen LogP contribution < -0.4 is 33.2 Å². The summed E-state index contributed by atoms with van der Waals surface area (Å²) in [5.74, 6) is -2.76. The third kappa shape index (κ3) is 13.2. The topological polar surface area (TPSA) is 235 Å². The van der Waals surface area contributed by atoms with Gasteiger partial charge in [0.25, 0.3) is 0 Å². The van der Waals surface area contributed by atoms with Crippen LogP contribution in [0.1, 0.15) is 39.5 Å². The zero-order valence-corrected chi connectivity index (χ0v) is 20.8. The van der Waals surface area contributed by atoms with E-state index in [9.17, 15) is 19.2 Å². The molecule has 3 amide bonds. The summed E-state index contributed by atoms with van der Waals surface area (Å²) in [6.45, 7) is 3.27. The third-order valence-electron chi connectivity index (χ3n) is 4.69. The normalized spacial score (nSPS) is 14.4. The van der Waals surface area contributed by atoms with Crippen molar-refractivity contribution in [3.8, 4) is 0 Å². The fourth-order valence-electron chi connectivity index (χ4n) is 2.87. The highest BCUT2D eigenvalue weighted by molar-refractivity contribution is 7.98. The summed E-state index contributed by atoms with van der Waals surface area (Å²) in [5.41, 5.74) is 16.4. The molecule has 11 N–H and O–H groups in total. The lowest BCUT2D eigenvalue weighted by molar-refractivity contribution is -0.143. The molecule has 0 heterocycles. The number of guanidine groups is 1. The predicted molar refractivity (Wildman–Crippen MR) is 131 cm³/mol. The fourth-order valence-corrected chi connectivity index (χ4v) is 3.34. The Hall–Kier alpha value is -2.58. The van der Waals surface area contributed by atoms with E-state index in [0.29, 0.717) is 31.6 Å². The van der Waals surface area contributed by atoms with E-state index < -0.39 is 54.5 Å².